The first kappa shape index (κ1) is 18.4. The maximum atomic E-state index is 11.6. The van der Waals surface area contributed by atoms with Gasteiger partial charge in [-0.05, 0) is 52.5 Å². The Morgan fingerprint density at radius 3 is 2.44 bits per heavy atom. The molecule has 0 amide bonds. The average Bonchev–Trinajstić information content (AvgIpc) is 3.05. The van der Waals surface area contributed by atoms with Gasteiger partial charge in [-0.2, -0.15) is 0 Å². The first-order chi connectivity index (χ1) is 13.2. The van der Waals surface area contributed by atoms with Crippen LogP contribution in [0, 0.1) is 0 Å². The summed E-state index contributed by atoms with van der Waals surface area (Å²) in [5.41, 5.74) is 6.46. The van der Waals surface area contributed by atoms with Gasteiger partial charge in [-0.1, -0.05) is 42.5 Å². The van der Waals surface area contributed by atoms with Gasteiger partial charge in [0.25, 0.3) is 0 Å². The fraction of sp³-hybridized carbons (Fsp3) is 0.304. The van der Waals surface area contributed by atoms with Gasteiger partial charge in [0.05, 0.1) is 13.2 Å². The van der Waals surface area contributed by atoms with Crippen LogP contribution in [0.15, 0.2) is 59.5 Å². The van der Waals surface area contributed by atoms with E-state index < -0.39 is 10.8 Å². The summed E-state index contributed by atoms with van der Waals surface area (Å²) in [6, 6.07) is 16.7. The molecule has 1 atom stereocenters. The van der Waals surface area contributed by atoms with Crippen molar-refractivity contribution in [2.45, 2.75) is 11.3 Å². The third kappa shape index (κ3) is 4.29. The molecule has 1 fully saturated rings. The molecule has 0 aromatic heterocycles. The summed E-state index contributed by atoms with van der Waals surface area (Å²) >= 11 is 0. The summed E-state index contributed by atoms with van der Waals surface area (Å²) < 4.78 is 17.0. The lowest BCUT2D eigenvalue weighted by atomic mass is 10.0. The van der Waals surface area contributed by atoms with Crippen LogP contribution in [0.2, 0.25) is 0 Å². The Morgan fingerprint density at radius 2 is 1.74 bits per heavy atom. The first-order valence-corrected chi connectivity index (χ1v) is 11.0. The van der Waals surface area contributed by atoms with Crippen LogP contribution in [0.4, 0.5) is 0 Å². The fourth-order valence-electron chi connectivity index (χ4n) is 3.72. The van der Waals surface area contributed by atoms with Crippen LogP contribution in [0.3, 0.4) is 0 Å². The largest absolute Gasteiger partial charge is 0.379 e. The molecule has 27 heavy (non-hydrogen) atoms. The highest BCUT2D eigenvalue weighted by Crippen LogP contribution is 2.38. The van der Waals surface area contributed by atoms with Gasteiger partial charge in [-0.15, -0.1) is 0 Å². The van der Waals surface area contributed by atoms with Crippen LogP contribution in [0.1, 0.15) is 23.1 Å². The second-order valence-corrected chi connectivity index (χ2v) is 8.42. The smallest absolute Gasteiger partial charge is 0.0594 e. The van der Waals surface area contributed by atoms with E-state index in [9.17, 15) is 4.21 Å². The molecule has 1 unspecified atom stereocenters. The van der Waals surface area contributed by atoms with Crippen LogP contribution < -0.4 is 0 Å². The number of benzene rings is 2. The Balaban J connectivity index is 1.56. The Kier molecular flexibility index (Phi) is 5.67. The van der Waals surface area contributed by atoms with E-state index in [1.165, 1.54) is 22.3 Å². The molecule has 2 aliphatic rings. The van der Waals surface area contributed by atoms with Gasteiger partial charge in [-0.3, -0.25) is 9.11 Å². The van der Waals surface area contributed by atoms with Crippen LogP contribution in [-0.2, 0) is 15.5 Å². The fourth-order valence-corrected chi connectivity index (χ4v) is 4.24. The highest BCUT2D eigenvalue weighted by atomic mass is 32.2. The predicted octanol–water partition coefficient (Wildman–Crippen LogP) is 4.08. The van der Waals surface area contributed by atoms with E-state index in [1.807, 2.05) is 24.3 Å². The molecule has 2 aromatic rings. The van der Waals surface area contributed by atoms with E-state index in [4.69, 9.17) is 4.74 Å². The van der Waals surface area contributed by atoms with Gasteiger partial charge < -0.3 is 4.74 Å². The van der Waals surface area contributed by atoms with E-state index in [0.29, 0.717) is 0 Å². The normalized spacial score (nSPS) is 19.7. The molecule has 2 aromatic carbocycles. The van der Waals surface area contributed by atoms with E-state index in [-0.39, 0.29) is 0 Å². The molecule has 0 N–H and O–H groups in total. The number of ether oxygens (including phenoxy) is 1. The number of fused-ring (bicyclic) bond motifs is 1. The molecule has 1 aliphatic heterocycles. The summed E-state index contributed by atoms with van der Waals surface area (Å²) in [5, 5.41) is 0. The van der Waals surface area contributed by atoms with E-state index in [0.717, 1.165) is 49.7 Å². The molecule has 0 radical (unpaired) electrons. The van der Waals surface area contributed by atoms with E-state index in [1.54, 1.807) is 6.26 Å². The third-order valence-corrected chi connectivity index (χ3v) is 6.19. The molecular formula is C23H25NO2S. The SMILES string of the molecule is CS(=O)c1ccc(C=C2C=C(CCN3CCOCC3)c3ccccc32)cc1. The van der Waals surface area contributed by atoms with Crippen molar-refractivity contribution in [1.82, 2.24) is 4.90 Å². The predicted molar refractivity (Wildman–Crippen MR) is 113 cm³/mol. The molecule has 0 bridgehead atoms. The van der Waals surface area contributed by atoms with Crippen LogP contribution in [0.25, 0.3) is 17.2 Å². The summed E-state index contributed by atoms with van der Waals surface area (Å²) in [5.74, 6) is 0. The number of rotatable bonds is 5. The minimum atomic E-state index is -0.935. The lowest BCUT2D eigenvalue weighted by molar-refractivity contribution is 0.0390. The standard InChI is InChI=1S/C23H25NO2S/c1-27(25)21-8-6-18(7-9-21)16-20-17-19(22-4-2-3-5-23(20)22)10-11-24-12-14-26-15-13-24/h2-9,16-17H,10-15H2,1H3. The Morgan fingerprint density at radius 1 is 1.04 bits per heavy atom. The van der Waals surface area contributed by atoms with Crippen LogP contribution >= 0.6 is 0 Å². The monoisotopic (exact) mass is 379 g/mol. The number of allylic oxidation sites excluding steroid dienone is 2. The van der Waals surface area contributed by atoms with Crippen LogP contribution in [0.5, 0.6) is 0 Å². The molecule has 3 nitrogen and oxygen atoms in total. The van der Waals surface area contributed by atoms with Crippen molar-refractivity contribution in [3.8, 4) is 0 Å². The average molecular weight is 380 g/mol. The van der Waals surface area contributed by atoms with Crippen molar-refractivity contribution >= 4 is 28.0 Å². The highest BCUT2D eigenvalue weighted by molar-refractivity contribution is 7.84. The Labute approximate surface area is 163 Å². The van der Waals surface area contributed by atoms with Gasteiger partial charge in [0.15, 0.2) is 0 Å². The number of hydrogen-bond acceptors (Lipinski definition) is 3. The molecule has 1 aliphatic carbocycles. The molecule has 4 rings (SSSR count). The van der Waals surface area contributed by atoms with Crippen molar-refractivity contribution < 1.29 is 8.95 Å². The molecule has 0 saturated carbocycles. The second-order valence-electron chi connectivity index (χ2n) is 7.04. The zero-order valence-corrected chi connectivity index (χ0v) is 16.5. The first-order valence-electron chi connectivity index (χ1n) is 9.46. The van der Waals surface area contributed by atoms with Crippen molar-refractivity contribution in [3.63, 3.8) is 0 Å². The van der Waals surface area contributed by atoms with E-state index in [2.05, 4.69) is 41.3 Å². The van der Waals surface area contributed by atoms with Gasteiger partial charge >= 0.3 is 0 Å². The minimum absolute atomic E-state index is 0.847. The van der Waals surface area contributed by atoms with Crippen LogP contribution in [-0.4, -0.2) is 48.2 Å². The van der Waals surface area contributed by atoms with Gasteiger partial charge in [-0.25, -0.2) is 0 Å². The molecule has 1 saturated heterocycles. The second kappa shape index (κ2) is 8.34. The Hall–Kier alpha value is -2.01. The zero-order chi connectivity index (χ0) is 18.6. The molecule has 1 heterocycles. The Bertz CT molecular complexity index is 893. The lowest BCUT2D eigenvalue weighted by Crippen LogP contribution is -2.36. The topological polar surface area (TPSA) is 29.5 Å². The van der Waals surface area contributed by atoms with Gasteiger partial charge in [0, 0.05) is 41.6 Å². The summed E-state index contributed by atoms with van der Waals surface area (Å²) in [4.78, 5) is 3.35. The van der Waals surface area contributed by atoms with Gasteiger partial charge in [0.2, 0.25) is 0 Å². The summed E-state index contributed by atoms with van der Waals surface area (Å²) in [7, 11) is -0.935. The quantitative estimate of drug-likeness (QED) is 0.784. The minimum Gasteiger partial charge on any atom is -0.379 e. The van der Waals surface area contributed by atoms with Crippen molar-refractivity contribution in [2.75, 3.05) is 39.1 Å². The zero-order valence-electron chi connectivity index (χ0n) is 15.7. The summed E-state index contributed by atoms with van der Waals surface area (Å²) in [6.07, 6.45) is 7.33. The van der Waals surface area contributed by atoms with E-state index >= 15 is 0 Å². The third-order valence-electron chi connectivity index (χ3n) is 5.25. The molecule has 4 heteroatoms. The molecule has 140 valence electrons. The number of hydrogen-bond donors (Lipinski definition) is 0. The van der Waals surface area contributed by atoms with Crippen molar-refractivity contribution in [1.29, 1.82) is 0 Å². The molecule has 0 spiro atoms. The number of morpholine rings is 1. The highest BCUT2D eigenvalue weighted by Gasteiger charge is 2.19. The summed E-state index contributed by atoms with van der Waals surface area (Å²) in [6.45, 7) is 4.83. The number of nitrogens with zero attached hydrogens (tertiary/aromatic N) is 1. The maximum Gasteiger partial charge on any atom is 0.0594 e. The lowest BCUT2D eigenvalue weighted by Gasteiger charge is -2.26. The van der Waals surface area contributed by atoms with Gasteiger partial charge in [0.1, 0.15) is 0 Å². The van der Waals surface area contributed by atoms with Crippen molar-refractivity contribution in [2.24, 2.45) is 0 Å². The molecular weight excluding hydrogens is 354 g/mol. The van der Waals surface area contributed by atoms with Crippen molar-refractivity contribution in [3.05, 3.63) is 71.3 Å². The maximum absolute atomic E-state index is 11.6.